The molecule has 0 fully saturated rings. The summed E-state index contributed by atoms with van der Waals surface area (Å²) in [4.78, 5) is 35.8. The summed E-state index contributed by atoms with van der Waals surface area (Å²) in [5, 5.41) is 2.65. The van der Waals surface area contributed by atoms with Crippen molar-refractivity contribution in [1.29, 1.82) is 0 Å². The Kier molecular flexibility index (Phi) is 5.54. The van der Waals surface area contributed by atoms with Gasteiger partial charge in [0.15, 0.2) is 0 Å². The SMILES string of the molecule is COC(=O)c1cc(C=O)cc(NC(=O)OCC2c3ccccc3-c3ccccc32)c1C. The monoisotopic (exact) mass is 415 g/mol. The molecular formula is C25H21NO5. The minimum Gasteiger partial charge on any atom is -0.465 e. The van der Waals surface area contributed by atoms with Gasteiger partial charge >= 0.3 is 12.1 Å². The van der Waals surface area contributed by atoms with Crippen molar-refractivity contribution in [2.24, 2.45) is 0 Å². The Morgan fingerprint density at radius 3 is 2.19 bits per heavy atom. The second kappa shape index (κ2) is 8.44. The van der Waals surface area contributed by atoms with E-state index in [1.165, 1.54) is 19.2 Å². The molecule has 1 N–H and O–H groups in total. The third-order valence-corrected chi connectivity index (χ3v) is 5.55. The van der Waals surface area contributed by atoms with Gasteiger partial charge in [0, 0.05) is 17.2 Å². The molecule has 1 aliphatic carbocycles. The van der Waals surface area contributed by atoms with E-state index in [4.69, 9.17) is 9.47 Å². The molecule has 0 saturated heterocycles. The number of anilines is 1. The van der Waals surface area contributed by atoms with Crippen molar-refractivity contribution >= 4 is 24.0 Å². The zero-order valence-electron chi connectivity index (χ0n) is 17.2. The molecule has 0 atom stereocenters. The van der Waals surface area contributed by atoms with Gasteiger partial charge in [-0.15, -0.1) is 0 Å². The molecule has 0 spiro atoms. The van der Waals surface area contributed by atoms with Crippen LogP contribution in [0.1, 0.15) is 43.3 Å². The number of methoxy groups -OCH3 is 1. The molecule has 0 heterocycles. The Bertz CT molecular complexity index is 1140. The second-order valence-electron chi connectivity index (χ2n) is 7.30. The summed E-state index contributed by atoms with van der Waals surface area (Å²) in [6, 6.07) is 19.1. The number of esters is 1. The Labute approximate surface area is 179 Å². The molecule has 1 amide bonds. The van der Waals surface area contributed by atoms with Gasteiger partial charge in [-0.25, -0.2) is 9.59 Å². The molecule has 3 aromatic rings. The van der Waals surface area contributed by atoms with Gasteiger partial charge in [-0.2, -0.15) is 0 Å². The molecule has 6 nitrogen and oxygen atoms in total. The van der Waals surface area contributed by atoms with Crippen LogP contribution in [0.2, 0.25) is 0 Å². The summed E-state index contributed by atoms with van der Waals surface area (Å²) in [6.45, 7) is 1.83. The van der Waals surface area contributed by atoms with Gasteiger partial charge in [0.2, 0.25) is 0 Å². The molecule has 6 heteroatoms. The highest BCUT2D eigenvalue weighted by atomic mass is 16.5. The maximum Gasteiger partial charge on any atom is 0.411 e. The van der Waals surface area contributed by atoms with Gasteiger partial charge < -0.3 is 9.47 Å². The topological polar surface area (TPSA) is 81.7 Å². The fraction of sp³-hybridized carbons (Fsp3) is 0.160. The van der Waals surface area contributed by atoms with Crippen LogP contribution >= 0.6 is 0 Å². The number of aldehydes is 1. The van der Waals surface area contributed by atoms with Crippen molar-refractivity contribution in [3.8, 4) is 11.1 Å². The molecule has 0 radical (unpaired) electrons. The fourth-order valence-corrected chi connectivity index (χ4v) is 4.00. The van der Waals surface area contributed by atoms with E-state index in [0.717, 1.165) is 22.3 Å². The zero-order chi connectivity index (χ0) is 22.0. The van der Waals surface area contributed by atoms with Crippen molar-refractivity contribution in [2.75, 3.05) is 19.0 Å². The Hall–Kier alpha value is -3.93. The molecule has 0 aromatic heterocycles. The number of rotatable bonds is 5. The summed E-state index contributed by atoms with van der Waals surface area (Å²) < 4.78 is 10.3. The molecular weight excluding hydrogens is 394 g/mol. The van der Waals surface area contributed by atoms with Crippen molar-refractivity contribution in [3.05, 3.63) is 88.5 Å². The maximum atomic E-state index is 12.6. The zero-order valence-corrected chi connectivity index (χ0v) is 17.2. The predicted molar refractivity (Wildman–Crippen MR) is 117 cm³/mol. The van der Waals surface area contributed by atoms with Crippen molar-refractivity contribution < 1.29 is 23.9 Å². The van der Waals surface area contributed by atoms with E-state index in [-0.39, 0.29) is 23.7 Å². The number of amides is 1. The van der Waals surface area contributed by atoms with Crippen LogP contribution < -0.4 is 5.32 Å². The van der Waals surface area contributed by atoms with Crippen LogP contribution in [-0.2, 0) is 9.47 Å². The first-order valence-electron chi connectivity index (χ1n) is 9.83. The number of nitrogens with one attached hydrogen (secondary N) is 1. The number of hydrogen-bond acceptors (Lipinski definition) is 5. The van der Waals surface area contributed by atoms with Gasteiger partial charge in [0.25, 0.3) is 0 Å². The summed E-state index contributed by atoms with van der Waals surface area (Å²) >= 11 is 0. The van der Waals surface area contributed by atoms with Crippen LogP contribution in [0.15, 0.2) is 60.7 Å². The first-order chi connectivity index (χ1) is 15.0. The third kappa shape index (κ3) is 3.80. The lowest BCUT2D eigenvalue weighted by Gasteiger charge is -2.16. The van der Waals surface area contributed by atoms with E-state index >= 15 is 0 Å². The average Bonchev–Trinajstić information content (AvgIpc) is 3.12. The highest BCUT2D eigenvalue weighted by Gasteiger charge is 2.29. The highest BCUT2D eigenvalue weighted by Crippen LogP contribution is 2.44. The number of carbonyl (C=O) groups excluding carboxylic acids is 3. The third-order valence-electron chi connectivity index (χ3n) is 5.55. The van der Waals surface area contributed by atoms with E-state index in [0.29, 0.717) is 17.5 Å². The second-order valence-corrected chi connectivity index (χ2v) is 7.30. The van der Waals surface area contributed by atoms with E-state index < -0.39 is 12.1 Å². The standard InChI is InChI=1S/C25H21NO5/c1-15-21(24(28)30-2)11-16(13-27)12-23(15)26-25(29)31-14-22-19-9-5-3-7-17(19)18-8-4-6-10-20(18)22/h3-13,22H,14H2,1-2H3,(H,26,29). The molecule has 31 heavy (non-hydrogen) atoms. The normalized spacial score (nSPS) is 11.9. The van der Waals surface area contributed by atoms with Crippen LogP contribution in [0, 0.1) is 6.92 Å². The lowest BCUT2D eigenvalue weighted by Crippen LogP contribution is -2.19. The Balaban J connectivity index is 1.53. The number of ether oxygens (including phenoxy) is 2. The molecule has 3 aromatic carbocycles. The molecule has 0 bridgehead atoms. The van der Waals surface area contributed by atoms with Crippen LogP contribution in [-0.4, -0.2) is 32.1 Å². The molecule has 1 aliphatic rings. The van der Waals surface area contributed by atoms with Gasteiger partial charge in [0.1, 0.15) is 12.9 Å². The molecule has 156 valence electrons. The summed E-state index contributed by atoms with van der Waals surface area (Å²) in [5.74, 6) is -0.650. The van der Waals surface area contributed by atoms with E-state index in [1.807, 2.05) is 36.4 Å². The highest BCUT2D eigenvalue weighted by molar-refractivity contribution is 5.97. The quantitative estimate of drug-likeness (QED) is 0.471. The summed E-state index contributed by atoms with van der Waals surface area (Å²) in [7, 11) is 1.26. The number of fused-ring (bicyclic) bond motifs is 3. The van der Waals surface area contributed by atoms with Crippen LogP contribution in [0.5, 0.6) is 0 Å². The number of hydrogen-bond donors (Lipinski definition) is 1. The Morgan fingerprint density at radius 2 is 1.61 bits per heavy atom. The van der Waals surface area contributed by atoms with Crippen molar-refractivity contribution in [1.82, 2.24) is 0 Å². The van der Waals surface area contributed by atoms with E-state index in [9.17, 15) is 14.4 Å². The lowest BCUT2D eigenvalue weighted by molar-refractivity contribution is 0.0600. The van der Waals surface area contributed by atoms with Crippen LogP contribution in [0.4, 0.5) is 10.5 Å². The molecule has 0 aliphatic heterocycles. The Morgan fingerprint density at radius 1 is 1.00 bits per heavy atom. The lowest BCUT2D eigenvalue weighted by atomic mass is 9.98. The van der Waals surface area contributed by atoms with E-state index in [1.54, 1.807) is 6.92 Å². The first-order valence-corrected chi connectivity index (χ1v) is 9.83. The number of carbonyl (C=O) groups is 3. The van der Waals surface area contributed by atoms with Gasteiger partial charge in [-0.05, 0) is 46.9 Å². The summed E-state index contributed by atoms with van der Waals surface area (Å²) in [6.07, 6.45) is -0.0572. The molecule has 4 rings (SSSR count). The van der Waals surface area contributed by atoms with Crippen molar-refractivity contribution in [2.45, 2.75) is 12.8 Å². The van der Waals surface area contributed by atoms with E-state index in [2.05, 4.69) is 17.4 Å². The van der Waals surface area contributed by atoms with Gasteiger partial charge in [-0.1, -0.05) is 48.5 Å². The minimum atomic E-state index is -0.663. The molecule has 0 unspecified atom stereocenters. The minimum absolute atomic E-state index is 0.0637. The maximum absolute atomic E-state index is 12.6. The summed E-state index contributed by atoms with van der Waals surface area (Å²) in [5.41, 5.74) is 5.79. The van der Waals surface area contributed by atoms with Crippen LogP contribution in [0.25, 0.3) is 11.1 Å². The van der Waals surface area contributed by atoms with Gasteiger partial charge in [-0.3, -0.25) is 10.1 Å². The van der Waals surface area contributed by atoms with Crippen LogP contribution in [0.3, 0.4) is 0 Å². The fourth-order valence-electron chi connectivity index (χ4n) is 4.00. The average molecular weight is 415 g/mol. The van der Waals surface area contributed by atoms with Crippen molar-refractivity contribution in [3.63, 3.8) is 0 Å². The predicted octanol–water partition coefficient (Wildman–Crippen LogP) is 4.96. The number of benzene rings is 3. The smallest absolute Gasteiger partial charge is 0.411 e. The molecule has 0 saturated carbocycles. The largest absolute Gasteiger partial charge is 0.465 e. The first kappa shape index (κ1) is 20.3. The van der Waals surface area contributed by atoms with Gasteiger partial charge in [0.05, 0.1) is 12.7 Å².